The van der Waals surface area contributed by atoms with Crippen molar-refractivity contribution in [2.24, 2.45) is 0 Å². The van der Waals surface area contributed by atoms with E-state index in [1.807, 2.05) is 44.6 Å². The van der Waals surface area contributed by atoms with Crippen molar-refractivity contribution in [3.63, 3.8) is 0 Å². The quantitative estimate of drug-likeness (QED) is 0.360. The molecule has 3 aliphatic rings. The summed E-state index contributed by atoms with van der Waals surface area (Å²) in [6.07, 6.45) is 4.09. The third kappa shape index (κ3) is 6.61. The van der Waals surface area contributed by atoms with Gasteiger partial charge in [0.2, 0.25) is 0 Å². The largest absolute Gasteiger partial charge is 0.495 e. The molecule has 2 amide bonds. The summed E-state index contributed by atoms with van der Waals surface area (Å²) in [5.74, 6) is 0. The Kier molecular flexibility index (Phi) is 9.48. The van der Waals surface area contributed by atoms with Gasteiger partial charge >= 0.3 is 19.3 Å². The predicted octanol–water partition coefficient (Wildman–Crippen LogP) is 4.07. The smallest absolute Gasteiger partial charge is 0.465 e. The number of ether oxygens (including phenoxy) is 3. The maximum Gasteiger partial charge on any atom is 0.495 e. The number of aromatic nitrogens is 2. The van der Waals surface area contributed by atoms with E-state index in [2.05, 4.69) is 0 Å². The Morgan fingerprint density at radius 1 is 1.21 bits per heavy atom. The zero-order valence-electron chi connectivity index (χ0n) is 25.6. The lowest BCUT2D eigenvalue weighted by atomic mass is 9.73. The summed E-state index contributed by atoms with van der Waals surface area (Å²) >= 11 is 6.97. The number of hydrogen-bond donors (Lipinski definition) is 1. The van der Waals surface area contributed by atoms with E-state index in [9.17, 15) is 14.7 Å². The van der Waals surface area contributed by atoms with Gasteiger partial charge in [-0.1, -0.05) is 11.6 Å². The molecule has 1 aromatic carbocycles. The molecule has 3 aliphatic heterocycles. The summed E-state index contributed by atoms with van der Waals surface area (Å²) in [5.41, 5.74) is 1.44. The zero-order valence-corrected chi connectivity index (χ0v) is 26.4. The molecule has 1 N–H and O–H groups in total. The van der Waals surface area contributed by atoms with Crippen LogP contribution in [0.15, 0.2) is 12.3 Å². The van der Waals surface area contributed by atoms with Crippen molar-refractivity contribution in [3.05, 3.63) is 22.8 Å². The van der Waals surface area contributed by atoms with Crippen molar-refractivity contribution >= 4 is 47.3 Å². The first-order chi connectivity index (χ1) is 20.4. The Balaban J connectivity index is 1.33. The van der Waals surface area contributed by atoms with Crippen molar-refractivity contribution < 1.29 is 38.2 Å². The molecule has 3 fully saturated rings. The Hall–Kier alpha value is -2.58. The summed E-state index contributed by atoms with van der Waals surface area (Å²) in [4.78, 5) is 27.0. The summed E-state index contributed by atoms with van der Waals surface area (Å²) < 4.78 is 32.0. The molecule has 1 aromatic heterocycles. The van der Waals surface area contributed by atoms with E-state index in [0.29, 0.717) is 24.5 Å². The lowest BCUT2D eigenvalue weighted by Crippen LogP contribution is -2.47. The van der Waals surface area contributed by atoms with Crippen LogP contribution in [0.5, 0.6) is 0 Å². The number of hydrogen-bond acceptors (Lipinski definition) is 8. The van der Waals surface area contributed by atoms with Gasteiger partial charge in [-0.25, -0.2) is 14.3 Å². The lowest BCUT2D eigenvalue weighted by Gasteiger charge is -2.32. The molecular formula is C29H42BClN4O8. The molecule has 0 aliphatic carbocycles. The van der Waals surface area contributed by atoms with Gasteiger partial charge in [-0.05, 0) is 76.9 Å². The first-order valence-corrected chi connectivity index (χ1v) is 15.4. The van der Waals surface area contributed by atoms with Gasteiger partial charge in [-0.2, -0.15) is 5.10 Å². The molecule has 0 radical (unpaired) electrons. The second-order valence-electron chi connectivity index (χ2n) is 12.5. The predicted molar refractivity (Wildman–Crippen MR) is 161 cm³/mol. The van der Waals surface area contributed by atoms with E-state index in [0.717, 1.165) is 41.2 Å². The van der Waals surface area contributed by atoms with Gasteiger partial charge in [0.15, 0.2) is 6.23 Å². The second-order valence-corrected chi connectivity index (χ2v) is 12.9. The average Bonchev–Trinajstić information content (AvgIpc) is 3.33. The highest BCUT2D eigenvalue weighted by atomic mass is 35.5. The van der Waals surface area contributed by atoms with Crippen molar-refractivity contribution in [2.45, 2.75) is 83.3 Å². The highest BCUT2D eigenvalue weighted by molar-refractivity contribution is 6.66. The second kappa shape index (κ2) is 12.8. The summed E-state index contributed by atoms with van der Waals surface area (Å²) in [7, 11) is 0.934. The number of carbonyl (C=O) groups is 2. The number of nitrogens with zero attached hydrogens (tertiary/aromatic N) is 4. The fourth-order valence-electron chi connectivity index (χ4n) is 5.71. The molecule has 4 heterocycles. The highest BCUT2D eigenvalue weighted by Gasteiger charge is 2.53. The monoisotopic (exact) mass is 620 g/mol. The van der Waals surface area contributed by atoms with Crippen molar-refractivity contribution in [3.8, 4) is 0 Å². The van der Waals surface area contributed by atoms with Crippen LogP contribution in [-0.2, 0) is 29.9 Å². The maximum absolute atomic E-state index is 12.8. The third-order valence-electron chi connectivity index (χ3n) is 9.07. The number of amides is 2. The third-order valence-corrected chi connectivity index (χ3v) is 9.41. The van der Waals surface area contributed by atoms with Crippen LogP contribution < -0.4 is 5.46 Å². The molecule has 3 saturated heterocycles. The highest BCUT2D eigenvalue weighted by Crippen LogP contribution is 2.38. The molecule has 5 rings (SSSR count). The van der Waals surface area contributed by atoms with Gasteiger partial charge in [0.25, 0.3) is 0 Å². The molecule has 12 nitrogen and oxygen atoms in total. The standard InChI is InChI=1S/C29H42BClN4O8/c1-28(2)29(3,4)43-30(42-28)25-20(22(31)15-23-21(25)16-32-35(23)24-10-6-7-12-40-24)9-8-13-41-27(38)33(5)19-17-34(26(36)37)11-14-39-18-19/h15-16,19,24H,6-14,17-18H2,1-5H3,(H,36,37). The van der Waals surface area contributed by atoms with Gasteiger partial charge in [-0.15, -0.1) is 0 Å². The minimum absolute atomic E-state index is 0.145. The van der Waals surface area contributed by atoms with Gasteiger partial charge in [0, 0.05) is 37.2 Å². The molecular weight excluding hydrogens is 579 g/mol. The van der Waals surface area contributed by atoms with Crippen LogP contribution in [0.3, 0.4) is 0 Å². The van der Waals surface area contributed by atoms with Crippen LogP contribution in [0.1, 0.15) is 65.2 Å². The Morgan fingerprint density at radius 3 is 2.63 bits per heavy atom. The van der Waals surface area contributed by atoms with E-state index in [1.165, 1.54) is 9.80 Å². The van der Waals surface area contributed by atoms with Crippen LogP contribution in [-0.4, -0.2) is 108 Å². The van der Waals surface area contributed by atoms with Crippen molar-refractivity contribution in [1.29, 1.82) is 0 Å². The minimum Gasteiger partial charge on any atom is -0.465 e. The van der Waals surface area contributed by atoms with Crippen LogP contribution in [0.2, 0.25) is 5.02 Å². The Bertz CT molecular complexity index is 1320. The maximum atomic E-state index is 12.8. The van der Waals surface area contributed by atoms with Crippen molar-refractivity contribution in [1.82, 2.24) is 19.6 Å². The summed E-state index contributed by atoms with van der Waals surface area (Å²) in [5, 5.41) is 15.5. The fraction of sp³-hybridized carbons (Fsp3) is 0.690. The van der Waals surface area contributed by atoms with E-state index < -0.39 is 36.5 Å². The van der Waals surface area contributed by atoms with Crippen molar-refractivity contribution in [2.75, 3.05) is 46.6 Å². The number of likely N-dealkylation sites (N-methyl/N-ethyl adjacent to an activating group) is 1. The zero-order chi connectivity index (χ0) is 30.9. The molecule has 0 spiro atoms. The average molecular weight is 621 g/mol. The molecule has 236 valence electrons. The van der Waals surface area contributed by atoms with Gasteiger partial charge in [0.05, 0.1) is 48.8 Å². The number of halogens is 1. The Labute approximate surface area is 257 Å². The molecule has 14 heteroatoms. The van der Waals surface area contributed by atoms with E-state index >= 15 is 0 Å². The fourth-order valence-corrected chi connectivity index (χ4v) is 6.01. The molecule has 0 saturated carbocycles. The summed E-state index contributed by atoms with van der Waals surface area (Å²) in [6.45, 7) is 9.84. The first kappa shape index (κ1) is 31.8. The molecule has 0 bridgehead atoms. The van der Waals surface area contributed by atoms with E-state index in [4.69, 9.17) is 40.2 Å². The van der Waals surface area contributed by atoms with Crippen LogP contribution >= 0.6 is 11.6 Å². The van der Waals surface area contributed by atoms with E-state index in [1.54, 1.807) is 7.05 Å². The first-order valence-electron chi connectivity index (χ1n) is 15.0. The van der Waals surface area contributed by atoms with Crippen LogP contribution in [0.25, 0.3) is 10.9 Å². The number of fused-ring (bicyclic) bond motifs is 1. The van der Waals surface area contributed by atoms with Gasteiger partial charge < -0.3 is 38.4 Å². The van der Waals surface area contributed by atoms with Crippen LogP contribution in [0, 0.1) is 0 Å². The topological polar surface area (TPSA) is 125 Å². The SMILES string of the molecule is CN(C(=O)OCCCc1c(Cl)cc2c(cnn2C2CCCCO2)c1B1OC(C)(C)C(C)(C)O1)C1COCCN(C(=O)O)C1. The number of carboxylic acid groups (broad SMARTS) is 1. The summed E-state index contributed by atoms with van der Waals surface area (Å²) in [6, 6.07) is 1.48. The molecule has 2 atom stereocenters. The number of benzene rings is 1. The van der Waals surface area contributed by atoms with Gasteiger partial charge in [0.1, 0.15) is 0 Å². The molecule has 2 aromatic rings. The Morgan fingerprint density at radius 2 is 1.95 bits per heavy atom. The van der Waals surface area contributed by atoms with Crippen LogP contribution in [0.4, 0.5) is 9.59 Å². The lowest BCUT2D eigenvalue weighted by molar-refractivity contribution is -0.0366. The molecule has 43 heavy (non-hydrogen) atoms. The minimum atomic E-state index is -1.04. The number of rotatable bonds is 7. The molecule has 2 unspecified atom stereocenters. The normalized spacial score (nSPS) is 23.8. The number of carbonyl (C=O) groups excluding carboxylic acids is 1. The van der Waals surface area contributed by atoms with E-state index in [-0.39, 0.29) is 39.1 Å². The van der Waals surface area contributed by atoms with Gasteiger partial charge in [-0.3, -0.25) is 0 Å².